The minimum atomic E-state index is -0.499. The molecule has 0 unspecified atom stereocenters. The number of unbranched alkanes of at least 4 members (excludes halogenated alkanes) is 1. The van der Waals surface area contributed by atoms with E-state index in [1.54, 1.807) is 17.0 Å². The number of carbonyl (C=O) groups is 1. The van der Waals surface area contributed by atoms with Crippen molar-refractivity contribution in [1.82, 2.24) is 14.5 Å². The fourth-order valence-electron chi connectivity index (χ4n) is 3.62. The molecule has 1 aromatic heterocycles. The van der Waals surface area contributed by atoms with Crippen LogP contribution in [0.1, 0.15) is 35.9 Å². The van der Waals surface area contributed by atoms with Crippen LogP contribution in [-0.4, -0.2) is 26.9 Å². The molecule has 0 N–H and O–H groups in total. The smallest absolute Gasteiger partial charge is 0.257 e. The average Bonchev–Trinajstić information content (AvgIpc) is 3.15. The summed E-state index contributed by atoms with van der Waals surface area (Å²) in [5.41, 5.74) is 2.92. The normalized spacial score (nSPS) is 11.0. The lowest BCUT2D eigenvalue weighted by Crippen LogP contribution is -2.33. The van der Waals surface area contributed by atoms with Gasteiger partial charge in [0.2, 0.25) is 0 Å². The Morgan fingerprint density at radius 2 is 1.67 bits per heavy atom. The summed E-state index contributed by atoms with van der Waals surface area (Å²) < 4.78 is 16.4. The van der Waals surface area contributed by atoms with Crippen LogP contribution in [0.3, 0.4) is 0 Å². The monoisotopic (exact) mass is 401 g/mol. The van der Waals surface area contributed by atoms with E-state index in [-0.39, 0.29) is 11.5 Å². The number of amides is 1. The molecule has 0 atom stereocenters. The van der Waals surface area contributed by atoms with Gasteiger partial charge in [0, 0.05) is 12.2 Å². The summed E-state index contributed by atoms with van der Waals surface area (Å²) in [7, 11) is 0. The van der Waals surface area contributed by atoms with Gasteiger partial charge in [-0.3, -0.25) is 9.36 Å². The summed E-state index contributed by atoms with van der Waals surface area (Å²) in [6.45, 7) is 2.92. The van der Waals surface area contributed by atoms with Gasteiger partial charge in [0.15, 0.2) is 0 Å². The van der Waals surface area contributed by atoms with Crippen molar-refractivity contribution in [3.8, 4) is 5.69 Å². The van der Waals surface area contributed by atoms with Gasteiger partial charge in [-0.1, -0.05) is 55.8 Å². The van der Waals surface area contributed by atoms with E-state index in [0.717, 1.165) is 35.4 Å². The molecular formula is C25H24FN3O. The van der Waals surface area contributed by atoms with Gasteiger partial charge in [0.05, 0.1) is 23.1 Å². The van der Waals surface area contributed by atoms with Crippen LogP contribution in [0.4, 0.5) is 4.39 Å². The van der Waals surface area contributed by atoms with Gasteiger partial charge in [-0.15, -0.1) is 0 Å². The van der Waals surface area contributed by atoms with Crippen LogP contribution >= 0.6 is 0 Å². The highest BCUT2D eigenvalue weighted by Gasteiger charge is 2.22. The Morgan fingerprint density at radius 3 is 2.43 bits per heavy atom. The van der Waals surface area contributed by atoms with Gasteiger partial charge in [0.1, 0.15) is 11.6 Å². The van der Waals surface area contributed by atoms with E-state index >= 15 is 0 Å². The van der Waals surface area contributed by atoms with Crippen molar-refractivity contribution in [3.05, 3.63) is 96.1 Å². The number of fused-ring (bicyclic) bond motifs is 1. The number of aromatic nitrogens is 2. The largest absolute Gasteiger partial charge is 0.331 e. The number of hydrogen-bond donors (Lipinski definition) is 0. The number of rotatable bonds is 7. The third kappa shape index (κ3) is 3.96. The predicted octanol–water partition coefficient (Wildman–Crippen LogP) is 5.61. The third-order valence-electron chi connectivity index (χ3n) is 5.15. The maximum atomic E-state index is 14.3. The molecule has 30 heavy (non-hydrogen) atoms. The maximum absolute atomic E-state index is 14.3. The summed E-state index contributed by atoms with van der Waals surface area (Å²) >= 11 is 0. The topological polar surface area (TPSA) is 38.1 Å². The Labute approximate surface area is 175 Å². The molecule has 0 saturated heterocycles. The van der Waals surface area contributed by atoms with Crippen molar-refractivity contribution in [2.45, 2.75) is 26.3 Å². The van der Waals surface area contributed by atoms with Crippen molar-refractivity contribution < 1.29 is 9.18 Å². The van der Waals surface area contributed by atoms with Crippen molar-refractivity contribution >= 4 is 16.9 Å². The zero-order valence-electron chi connectivity index (χ0n) is 17.0. The number of para-hydroxylation sites is 3. The van der Waals surface area contributed by atoms with Gasteiger partial charge in [-0.25, -0.2) is 9.37 Å². The minimum Gasteiger partial charge on any atom is -0.331 e. The summed E-state index contributed by atoms with van der Waals surface area (Å²) in [4.78, 5) is 19.7. The Morgan fingerprint density at radius 1 is 0.967 bits per heavy atom. The first-order chi connectivity index (χ1) is 14.7. The number of halogens is 1. The van der Waals surface area contributed by atoms with E-state index in [9.17, 15) is 9.18 Å². The molecule has 4 rings (SSSR count). The van der Waals surface area contributed by atoms with E-state index in [0.29, 0.717) is 13.1 Å². The SMILES string of the molecule is CCCCN(Cc1nc2ccccc2n1-c1ccccc1)C(=O)c1ccccc1F. The van der Waals surface area contributed by atoms with Crippen LogP contribution in [0.2, 0.25) is 0 Å². The van der Waals surface area contributed by atoms with Gasteiger partial charge in [-0.05, 0) is 42.8 Å². The first-order valence-electron chi connectivity index (χ1n) is 10.2. The second-order valence-corrected chi connectivity index (χ2v) is 7.25. The van der Waals surface area contributed by atoms with Crippen LogP contribution in [0.25, 0.3) is 16.7 Å². The molecule has 0 radical (unpaired) electrons. The van der Waals surface area contributed by atoms with E-state index in [4.69, 9.17) is 4.98 Å². The Hall–Kier alpha value is -3.47. The molecule has 0 aliphatic rings. The first-order valence-corrected chi connectivity index (χ1v) is 10.2. The van der Waals surface area contributed by atoms with Crippen molar-refractivity contribution in [2.75, 3.05) is 6.54 Å². The van der Waals surface area contributed by atoms with Gasteiger partial charge in [0.25, 0.3) is 5.91 Å². The zero-order valence-corrected chi connectivity index (χ0v) is 17.0. The summed E-state index contributed by atoms with van der Waals surface area (Å²) in [6.07, 6.45) is 1.78. The lowest BCUT2D eigenvalue weighted by molar-refractivity contribution is 0.0731. The fraction of sp³-hybridized carbons (Fsp3) is 0.200. The van der Waals surface area contributed by atoms with Crippen LogP contribution in [0, 0.1) is 5.82 Å². The average molecular weight is 401 g/mol. The van der Waals surface area contributed by atoms with Crippen molar-refractivity contribution in [3.63, 3.8) is 0 Å². The van der Waals surface area contributed by atoms with Gasteiger partial charge < -0.3 is 4.90 Å². The summed E-state index contributed by atoms with van der Waals surface area (Å²) in [5, 5.41) is 0. The highest BCUT2D eigenvalue weighted by Crippen LogP contribution is 2.23. The summed E-state index contributed by atoms with van der Waals surface area (Å²) in [6, 6.07) is 24.0. The number of benzene rings is 3. The highest BCUT2D eigenvalue weighted by atomic mass is 19.1. The van der Waals surface area contributed by atoms with Gasteiger partial charge in [-0.2, -0.15) is 0 Å². The van der Waals surface area contributed by atoms with Crippen molar-refractivity contribution in [2.24, 2.45) is 0 Å². The number of nitrogens with zero attached hydrogens (tertiary/aromatic N) is 3. The van der Waals surface area contributed by atoms with Crippen molar-refractivity contribution in [1.29, 1.82) is 0 Å². The summed E-state index contributed by atoms with van der Waals surface area (Å²) in [5.74, 6) is -0.0584. The predicted molar refractivity (Wildman–Crippen MR) is 117 cm³/mol. The highest BCUT2D eigenvalue weighted by molar-refractivity contribution is 5.94. The molecule has 4 nitrogen and oxygen atoms in total. The van der Waals surface area contributed by atoms with Crippen LogP contribution in [-0.2, 0) is 6.54 Å². The number of hydrogen-bond acceptors (Lipinski definition) is 2. The molecule has 0 fully saturated rings. The fourth-order valence-corrected chi connectivity index (χ4v) is 3.62. The molecular weight excluding hydrogens is 377 g/mol. The second-order valence-electron chi connectivity index (χ2n) is 7.25. The molecule has 0 saturated carbocycles. The van der Waals surface area contributed by atoms with E-state index in [1.165, 1.54) is 12.1 Å². The Balaban J connectivity index is 1.76. The first kappa shape index (κ1) is 19.8. The minimum absolute atomic E-state index is 0.0935. The van der Waals surface area contributed by atoms with Crippen LogP contribution < -0.4 is 0 Å². The molecule has 0 aliphatic carbocycles. The van der Waals surface area contributed by atoms with Gasteiger partial charge >= 0.3 is 0 Å². The maximum Gasteiger partial charge on any atom is 0.257 e. The third-order valence-corrected chi connectivity index (χ3v) is 5.15. The molecule has 0 aliphatic heterocycles. The van der Waals surface area contributed by atoms with E-state index < -0.39 is 5.82 Å². The zero-order chi connectivity index (χ0) is 20.9. The Kier molecular flexibility index (Phi) is 5.89. The second kappa shape index (κ2) is 8.91. The molecule has 152 valence electrons. The van der Waals surface area contributed by atoms with E-state index in [2.05, 4.69) is 11.5 Å². The van der Waals surface area contributed by atoms with E-state index in [1.807, 2.05) is 54.6 Å². The molecule has 0 spiro atoms. The molecule has 0 bridgehead atoms. The van der Waals surface area contributed by atoms with Crippen LogP contribution in [0.5, 0.6) is 0 Å². The number of imidazole rings is 1. The molecule has 4 aromatic rings. The lowest BCUT2D eigenvalue weighted by atomic mass is 10.1. The quantitative estimate of drug-likeness (QED) is 0.404. The standard InChI is InChI=1S/C25H24FN3O/c1-2-3-17-28(25(30)20-13-7-8-14-21(20)26)18-24-27-22-15-9-10-16-23(22)29(24)19-11-5-4-6-12-19/h4-16H,2-3,17-18H2,1H3. The van der Waals surface area contributed by atoms with Crippen LogP contribution in [0.15, 0.2) is 78.9 Å². The Bertz CT molecular complexity index is 1150. The molecule has 3 aromatic carbocycles. The number of carbonyl (C=O) groups excluding carboxylic acids is 1. The lowest BCUT2D eigenvalue weighted by Gasteiger charge is -2.23. The molecule has 5 heteroatoms. The molecule has 1 heterocycles. The molecule has 1 amide bonds.